The number of fused-ring (bicyclic) bond motifs is 3. The second-order valence-corrected chi connectivity index (χ2v) is 23.4. The summed E-state index contributed by atoms with van der Waals surface area (Å²) in [6, 6.07) is 2.69. The number of H-pyrrole nitrogens is 1. The fourth-order valence-electron chi connectivity index (χ4n) is 11.1. The second kappa shape index (κ2) is 31.3. The van der Waals surface area contributed by atoms with Gasteiger partial charge in [0.25, 0.3) is 0 Å². The van der Waals surface area contributed by atoms with Gasteiger partial charge in [0, 0.05) is 49.5 Å². The molecule has 0 unspecified atom stereocenters. The molecule has 4 heterocycles. The van der Waals surface area contributed by atoms with E-state index in [1.165, 1.54) is 23.6 Å². The molecule has 0 aliphatic carbocycles. The standard InChI is InChI=1S/C60H86N12O13/c1-33(2)28-43-54(79)63-35(5)51(76)64-41(20-12-13-25-61)52(77)65-42(23-24-49(74)75)53(78)70-50(36(6)73)60(85)72-27-15-22-48(72)59(84)71-26-14-21-47(71)58(83)69-45(30-37-16-8-7-9-17-37)56(81)67-44(29-34(3)4)55(80)68-46(57(82)66-43)31-38-32-62-40-19-11-10-18-39(38)40/h7-11,16-19,32-36,41-48,50,62,73H,12-15,20-31,61H2,1-6H3,(H,63,79)(H,64,76)(H,65,77)(H,66,82)(H,67,81)(H,68,80)(H,69,83)(H,70,78)(H,74,75)/t35-,36+,41-,42-,43-,44-,45-,46-,47-,48+,50-/m0/s1. The molecule has 0 bridgehead atoms. The lowest BCUT2D eigenvalue weighted by Gasteiger charge is -2.34. The summed E-state index contributed by atoms with van der Waals surface area (Å²) in [6.45, 7) is 10.3. The van der Waals surface area contributed by atoms with Gasteiger partial charge < -0.3 is 73.3 Å². The normalized spacial score (nSPS) is 26.3. The van der Waals surface area contributed by atoms with Gasteiger partial charge in [-0.3, -0.25) is 52.7 Å². The van der Waals surface area contributed by atoms with Crippen molar-refractivity contribution < 1.29 is 63.0 Å². The summed E-state index contributed by atoms with van der Waals surface area (Å²) in [5, 5.41) is 43.2. The summed E-state index contributed by atoms with van der Waals surface area (Å²) >= 11 is 0. The number of aromatic nitrogens is 1. The van der Waals surface area contributed by atoms with Crippen LogP contribution < -0.4 is 48.3 Å². The van der Waals surface area contributed by atoms with Crippen molar-refractivity contribution in [3.8, 4) is 0 Å². The third kappa shape index (κ3) is 18.5. The van der Waals surface area contributed by atoms with Crippen LogP contribution in [0.3, 0.4) is 0 Å². The number of carbonyl (C=O) groups excluding carboxylic acids is 10. The first kappa shape index (κ1) is 66.2. The van der Waals surface area contributed by atoms with Gasteiger partial charge in [0.05, 0.1) is 6.10 Å². The first-order chi connectivity index (χ1) is 40.4. The van der Waals surface area contributed by atoms with Crippen LogP contribution in [0.15, 0.2) is 60.8 Å². The van der Waals surface area contributed by atoms with Crippen molar-refractivity contribution in [2.45, 2.75) is 192 Å². The maximum absolute atomic E-state index is 14.8. The number of aromatic amines is 1. The number of aliphatic carboxylic acids is 1. The van der Waals surface area contributed by atoms with Crippen LogP contribution in [0.2, 0.25) is 0 Å². The average Bonchev–Trinajstić information content (AvgIpc) is 4.45. The summed E-state index contributed by atoms with van der Waals surface area (Å²) < 4.78 is 0. The van der Waals surface area contributed by atoms with Gasteiger partial charge in [0.2, 0.25) is 59.1 Å². The maximum atomic E-state index is 14.8. The van der Waals surface area contributed by atoms with Gasteiger partial charge in [-0.2, -0.15) is 0 Å². The van der Waals surface area contributed by atoms with E-state index in [0.717, 1.165) is 10.9 Å². The Morgan fingerprint density at radius 2 is 1.06 bits per heavy atom. The molecule has 2 aromatic carbocycles. The zero-order valence-electron chi connectivity index (χ0n) is 49.4. The van der Waals surface area contributed by atoms with Crippen LogP contribution in [0.5, 0.6) is 0 Å². The van der Waals surface area contributed by atoms with Crippen molar-refractivity contribution in [1.82, 2.24) is 57.3 Å². The lowest BCUT2D eigenvalue weighted by Crippen LogP contribution is -2.62. The van der Waals surface area contributed by atoms with Gasteiger partial charge in [0.15, 0.2) is 0 Å². The predicted octanol–water partition coefficient (Wildman–Crippen LogP) is 0.314. The molecule has 25 nitrogen and oxygen atoms in total. The number of carboxylic acid groups (broad SMARTS) is 1. The number of nitrogens with two attached hydrogens (primary N) is 1. The van der Waals surface area contributed by atoms with Crippen LogP contribution in [0.25, 0.3) is 10.9 Å². The number of nitrogens with zero attached hydrogens (tertiary/aromatic N) is 2. The van der Waals surface area contributed by atoms with Crippen molar-refractivity contribution in [3.05, 3.63) is 71.9 Å². The number of benzene rings is 2. The first-order valence-corrected chi connectivity index (χ1v) is 29.7. The molecular weight excluding hydrogens is 1100 g/mol. The second-order valence-electron chi connectivity index (χ2n) is 23.4. The molecule has 85 heavy (non-hydrogen) atoms. The van der Waals surface area contributed by atoms with Crippen molar-refractivity contribution >= 4 is 75.9 Å². The van der Waals surface area contributed by atoms with Crippen LogP contribution in [-0.4, -0.2) is 176 Å². The van der Waals surface area contributed by atoms with E-state index in [1.807, 2.05) is 52.0 Å². The number of rotatable bonds is 16. The van der Waals surface area contributed by atoms with Crippen LogP contribution in [0.4, 0.5) is 0 Å². The lowest BCUT2D eigenvalue weighted by atomic mass is 9.98. The SMILES string of the molecule is CC(C)C[C@@H]1NC(=O)[C@H](Cc2c[nH]c3ccccc23)NC(=O)[C@H](CC(C)C)NC(=O)[C@H](Cc2ccccc2)NC(=O)[C@@H]2CCCN2C(=O)[C@H]2CCCN2C(=O)[C@H]([C@@H](C)O)NC(=O)[C@H](CCC(=O)O)NC(=O)[C@H](CCCCN)NC(=O)[C@H](C)NC1=O. The Hall–Kier alpha value is -7.93. The Morgan fingerprint density at radius 3 is 1.67 bits per heavy atom. The smallest absolute Gasteiger partial charge is 0.303 e. The molecule has 3 aliphatic rings. The maximum Gasteiger partial charge on any atom is 0.303 e. The van der Waals surface area contributed by atoms with E-state index in [1.54, 1.807) is 36.5 Å². The van der Waals surface area contributed by atoms with Crippen molar-refractivity contribution in [2.24, 2.45) is 17.6 Å². The number of aliphatic hydroxyl groups excluding tert-OH is 1. The highest BCUT2D eigenvalue weighted by Gasteiger charge is 2.46. The molecule has 13 N–H and O–H groups in total. The third-order valence-corrected chi connectivity index (χ3v) is 15.6. The summed E-state index contributed by atoms with van der Waals surface area (Å²) in [7, 11) is 0. The zero-order valence-corrected chi connectivity index (χ0v) is 49.4. The van der Waals surface area contributed by atoms with E-state index in [0.29, 0.717) is 36.8 Å². The molecule has 11 atom stereocenters. The van der Waals surface area contributed by atoms with Gasteiger partial charge >= 0.3 is 5.97 Å². The van der Waals surface area contributed by atoms with Crippen molar-refractivity contribution in [1.29, 1.82) is 0 Å². The van der Waals surface area contributed by atoms with Crippen molar-refractivity contribution in [3.63, 3.8) is 0 Å². The summed E-state index contributed by atoms with van der Waals surface area (Å²) in [5.74, 6) is -9.65. The zero-order chi connectivity index (χ0) is 62.1. The molecule has 0 spiro atoms. The average molecular weight is 1180 g/mol. The topological polar surface area (TPSA) is 373 Å². The Bertz CT molecular complexity index is 2860. The van der Waals surface area contributed by atoms with Gasteiger partial charge in [-0.15, -0.1) is 0 Å². The van der Waals surface area contributed by atoms with Crippen LogP contribution in [0, 0.1) is 11.8 Å². The van der Waals surface area contributed by atoms with Gasteiger partial charge in [0.1, 0.15) is 60.4 Å². The number of para-hydroxylation sites is 1. The number of carbonyl (C=O) groups is 11. The van der Waals surface area contributed by atoms with E-state index >= 15 is 0 Å². The molecule has 0 saturated carbocycles. The molecule has 3 aliphatic heterocycles. The minimum Gasteiger partial charge on any atom is -0.481 e. The van der Waals surface area contributed by atoms with Gasteiger partial charge in [-0.1, -0.05) is 76.2 Å². The number of unbranched alkanes of at least 4 members (excludes halogenated alkanes) is 1. The van der Waals surface area contributed by atoms with E-state index in [9.17, 15) is 63.0 Å². The minimum absolute atomic E-state index is 0.0209. The summed E-state index contributed by atoms with van der Waals surface area (Å²) in [5.41, 5.74) is 7.83. The van der Waals surface area contributed by atoms with Crippen LogP contribution in [-0.2, 0) is 65.6 Å². The Kier molecular flexibility index (Phi) is 24.4. The molecule has 25 heteroatoms. The van der Waals surface area contributed by atoms with Gasteiger partial charge in [-0.25, -0.2) is 0 Å². The number of amides is 10. The highest BCUT2D eigenvalue weighted by molar-refractivity contribution is 6.00. The van der Waals surface area contributed by atoms with E-state index in [4.69, 9.17) is 5.73 Å². The molecule has 6 rings (SSSR count). The largest absolute Gasteiger partial charge is 0.481 e. The lowest BCUT2D eigenvalue weighted by molar-refractivity contribution is -0.149. The number of aliphatic hydroxyl groups is 1. The van der Waals surface area contributed by atoms with E-state index in [-0.39, 0.29) is 76.4 Å². The van der Waals surface area contributed by atoms with Crippen molar-refractivity contribution in [2.75, 3.05) is 19.6 Å². The highest BCUT2D eigenvalue weighted by atomic mass is 16.4. The monoisotopic (exact) mass is 1180 g/mol. The molecule has 3 saturated heterocycles. The number of nitrogens with one attached hydrogen (secondary N) is 9. The quantitative estimate of drug-likeness (QED) is 0.0860. The minimum atomic E-state index is -1.71. The van der Waals surface area contributed by atoms with Crippen LogP contribution in [0.1, 0.15) is 123 Å². The fraction of sp³-hybridized carbons (Fsp3) is 0.583. The molecule has 10 amide bonds. The highest BCUT2D eigenvalue weighted by Crippen LogP contribution is 2.27. The molecule has 3 fully saturated rings. The Labute approximate surface area is 495 Å². The number of hydrogen-bond acceptors (Lipinski definition) is 13. The summed E-state index contributed by atoms with van der Waals surface area (Å²) in [4.78, 5) is 163. The van der Waals surface area contributed by atoms with Gasteiger partial charge in [-0.05, 0) is 114 Å². The Balaban J connectivity index is 1.40. The molecule has 464 valence electrons. The Morgan fingerprint density at radius 1 is 0.565 bits per heavy atom. The predicted molar refractivity (Wildman–Crippen MR) is 313 cm³/mol. The fourth-order valence-corrected chi connectivity index (χ4v) is 11.1. The molecule has 1 aromatic heterocycles. The third-order valence-electron chi connectivity index (χ3n) is 15.6. The number of carboxylic acids is 1. The van der Waals surface area contributed by atoms with Crippen LogP contribution >= 0.6 is 0 Å². The van der Waals surface area contributed by atoms with E-state index < -0.39 is 144 Å². The molecular formula is C60H86N12O13. The summed E-state index contributed by atoms with van der Waals surface area (Å²) in [6.07, 6.45) is 0.820. The van der Waals surface area contributed by atoms with E-state index in [2.05, 4.69) is 47.5 Å². The number of hydrogen-bond donors (Lipinski definition) is 12. The first-order valence-electron chi connectivity index (χ1n) is 29.7. The molecule has 3 aromatic rings. The molecule has 0 radical (unpaired) electrons.